The Kier molecular flexibility index (Phi) is 1.75. The second-order valence-corrected chi connectivity index (χ2v) is 2.67. The van der Waals surface area contributed by atoms with E-state index in [0.717, 1.165) is 5.69 Å². The van der Waals surface area contributed by atoms with Crippen molar-refractivity contribution in [1.82, 2.24) is 20.2 Å². The molecule has 0 bridgehead atoms. The molecule has 0 saturated carbocycles. The van der Waals surface area contributed by atoms with Crippen molar-refractivity contribution in [3.05, 3.63) is 35.6 Å². The van der Waals surface area contributed by atoms with E-state index in [-0.39, 0.29) is 0 Å². The van der Waals surface area contributed by atoms with Gasteiger partial charge in [0.05, 0.1) is 5.69 Å². The minimum absolute atomic E-state index is 0.669. The van der Waals surface area contributed by atoms with Crippen molar-refractivity contribution in [3.8, 4) is 5.69 Å². The van der Waals surface area contributed by atoms with Crippen LogP contribution in [0.25, 0.3) is 5.69 Å². The summed E-state index contributed by atoms with van der Waals surface area (Å²) in [5.74, 6) is 0. The summed E-state index contributed by atoms with van der Waals surface area (Å²) in [6, 6.07) is 7.31. The van der Waals surface area contributed by atoms with Crippen LogP contribution in [0.4, 0.5) is 0 Å². The highest BCUT2D eigenvalue weighted by Crippen LogP contribution is 2.12. The number of nitrogens with zero attached hydrogens (tertiary/aromatic N) is 4. The number of aromatic nitrogens is 4. The first-order valence-corrected chi connectivity index (χ1v) is 3.73. The molecule has 4 nitrogen and oxygen atoms in total. The van der Waals surface area contributed by atoms with Gasteiger partial charge in [0.2, 0.25) is 0 Å². The Labute approximate surface area is 73.8 Å². The molecule has 2 aromatic rings. The predicted molar refractivity (Wildman–Crippen MR) is 44.2 cm³/mol. The topological polar surface area (TPSA) is 43.6 Å². The van der Waals surface area contributed by atoms with Crippen LogP contribution in [-0.4, -0.2) is 20.2 Å². The average Bonchev–Trinajstić information content (AvgIpc) is 2.56. The molecule has 0 amide bonds. The van der Waals surface area contributed by atoms with Crippen molar-refractivity contribution in [2.75, 3.05) is 0 Å². The fourth-order valence-electron chi connectivity index (χ4n) is 0.898. The van der Waals surface area contributed by atoms with Crippen LogP contribution in [0.5, 0.6) is 0 Å². The van der Waals surface area contributed by atoms with Crippen LogP contribution in [0.1, 0.15) is 0 Å². The van der Waals surface area contributed by atoms with Gasteiger partial charge in [-0.2, -0.15) is 0 Å². The smallest absolute Gasteiger partial charge is 0.143 e. The zero-order chi connectivity index (χ0) is 8.39. The monoisotopic (exact) mass is 180 g/mol. The van der Waals surface area contributed by atoms with Gasteiger partial charge in [-0.15, -0.1) is 5.10 Å². The summed E-state index contributed by atoms with van der Waals surface area (Å²) in [5, 5.41) is 11.4. The van der Waals surface area contributed by atoms with E-state index < -0.39 is 0 Å². The minimum atomic E-state index is 0.669. The molecule has 0 radical (unpaired) electrons. The Morgan fingerprint density at radius 2 is 2.25 bits per heavy atom. The SMILES string of the molecule is Clc1cccc(-n2cnnn2)c1. The largest absolute Gasteiger partial charge is 0.201 e. The minimum Gasteiger partial charge on any atom is -0.201 e. The second kappa shape index (κ2) is 2.91. The second-order valence-electron chi connectivity index (χ2n) is 2.23. The predicted octanol–water partition coefficient (Wildman–Crippen LogP) is 1.32. The third-order valence-electron chi connectivity index (χ3n) is 1.42. The number of benzene rings is 1. The molecule has 12 heavy (non-hydrogen) atoms. The lowest BCUT2D eigenvalue weighted by Gasteiger charge is -1.97. The van der Waals surface area contributed by atoms with E-state index in [1.54, 1.807) is 16.8 Å². The highest BCUT2D eigenvalue weighted by Gasteiger charge is 1.96. The van der Waals surface area contributed by atoms with Crippen molar-refractivity contribution in [3.63, 3.8) is 0 Å². The van der Waals surface area contributed by atoms with Crippen LogP contribution in [0, 0.1) is 0 Å². The maximum atomic E-state index is 5.78. The molecule has 2 rings (SSSR count). The Bertz CT molecular complexity index is 371. The fraction of sp³-hybridized carbons (Fsp3) is 0. The van der Waals surface area contributed by atoms with Gasteiger partial charge >= 0.3 is 0 Å². The third kappa shape index (κ3) is 1.29. The van der Waals surface area contributed by atoms with E-state index in [4.69, 9.17) is 11.6 Å². The average molecular weight is 181 g/mol. The first-order valence-electron chi connectivity index (χ1n) is 3.35. The standard InChI is InChI=1S/C7H5ClN4/c8-6-2-1-3-7(4-6)12-5-9-10-11-12/h1-5H. The van der Waals surface area contributed by atoms with Crippen LogP contribution in [-0.2, 0) is 0 Å². The van der Waals surface area contributed by atoms with Gasteiger partial charge in [0.15, 0.2) is 0 Å². The molecule has 0 aliphatic heterocycles. The molecule has 0 N–H and O–H groups in total. The first kappa shape index (κ1) is 7.24. The molecule has 1 aromatic heterocycles. The molecule has 1 heterocycles. The number of tetrazole rings is 1. The van der Waals surface area contributed by atoms with Gasteiger partial charge < -0.3 is 0 Å². The van der Waals surface area contributed by atoms with Gasteiger partial charge in [0.25, 0.3) is 0 Å². The van der Waals surface area contributed by atoms with Crippen LogP contribution in [0.2, 0.25) is 5.02 Å². The van der Waals surface area contributed by atoms with Crippen molar-refractivity contribution < 1.29 is 0 Å². The molecule has 0 unspecified atom stereocenters. The van der Waals surface area contributed by atoms with Gasteiger partial charge in [-0.3, -0.25) is 0 Å². The quantitative estimate of drug-likeness (QED) is 0.665. The molecule has 5 heteroatoms. The maximum Gasteiger partial charge on any atom is 0.143 e. The van der Waals surface area contributed by atoms with E-state index in [1.807, 2.05) is 12.1 Å². The molecular formula is C7H5ClN4. The summed E-state index contributed by atoms with van der Waals surface area (Å²) < 4.78 is 1.55. The summed E-state index contributed by atoms with van der Waals surface area (Å²) in [5.41, 5.74) is 0.854. The van der Waals surface area contributed by atoms with Gasteiger partial charge in [0, 0.05) is 5.02 Å². The summed E-state index contributed by atoms with van der Waals surface area (Å²) in [4.78, 5) is 0. The highest BCUT2D eigenvalue weighted by molar-refractivity contribution is 6.30. The lowest BCUT2D eigenvalue weighted by atomic mass is 10.3. The van der Waals surface area contributed by atoms with E-state index in [9.17, 15) is 0 Å². The number of rotatable bonds is 1. The summed E-state index contributed by atoms with van der Waals surface area (Å²) in [6.45, 7) is 0. The van der Waals surface area contributed by atoms with E-state index >= 15 is 0 Å². The zero-order valence-electron chi connectivity index (χ0n) is 6.05. The zero-order valence-corrected chi connectivity index (χ0v) is 6.81. The molecule has 0 fully saturated rings. The van der Waals surface area contributed by atoms with Crippen LogP contribution < -0.4 is 0 Å². The Morgan fingerprint density at radius 3 is 2.92 bits per heavy atom. The van der Waals surface area contributed by atoms with Crippen molar-refractivity contribution in [1.29, 1.82) is 0 Å². The first-order chi connectivity index (χ1) is 5.86. The molecule has 60 valence electrons. The fourth-order valence-corrected chi connectivity index (χ4v) is 1.08. The van der Waals surface area contributed by atoms with Gasteiger partial charge in [0.1, 0.15) is 6.33 Å². The normalized spacial score (nSPS) is 10.1. The van der Waals surface area contributed by atoms with Crippen LogP contribution in [0.3, 0.4) is 0 Å². The Hall–Kier alpha value is -1.42. The molecule has 0 aliphatic carbocycles. The van der Waals surface area contributed by atoms with Gasteiger partial charge in [-0.25, -0.2) is 4.68 Å². The van der Waals surface area contributed by atoms with Crippen molar-refractivity contribution in [2.24, 2.45) is 0 Å². The molecule has 0 aliphatic rings. The van der Waals surface area contributed by atoms with Crippen LogP contribution >= 0.6 is 11.6 Å². The number of hydrogen-bond donors (Lipinski definition) is 0. The van der Waals surface area contributed by atoms with Crippen molar-refractivity contribution in [2.45, 2.75) is 0 Å². The van der Waals surface area contributed by atoms with E-state index in [1.165, 1.54) is 6.33 Å². The highest BCUT2D eigenvalue weighted by atomic mass is 35.5. The summed E-state index contributed by atoms with van der Waals surface area (Å²) in [7, 11) is 0. The van der Waals surface area contributed by atoms with Crippen LogP contribution in [0.15, 0.2) is 30.6 Å². The summed E-state index contributed by atoms with van der Waals surface area (Å²) >= 11 is 5.78. The van der Waals surface area contributed by atoms with E-state index in [0.29, 0.717) is 5.02 Å². The summed E-state index contributed by atoms with van der Waals surface area (Å²) in [6.07, 6.45) is 1.52. The number of hydrogen-bond acceptors (Lipinski definition) is 3. The third-order valence-corrected chi connectivity index (χ3v) is 1.66. The molecule has 0 spiro atoms. The number of halogens is 1. The van der Waals surface area contributed by atoms with Gasteiger partial charge in [-0.1, -0.05) is 17.7 Å². The molecule has 1 aromatic carbocycles. The Morgan fingerprint density at radius 1 is 1.33 bits per heavy atom. The van der Waals surface area contributed by atoms with Crippen molar-refractivity contribution >= 4 is 11.6 Å². The Balaban J connectivity index is 2.48. The van der Waals surface area contributed by atoms with Gasteiger partial charge in [-0.05, 0) is 28.6 Å². The molecule has 0 saturated heterocycles. The van der Waals surface area contributed by atoms with E-state index in [2.05, 4.69) is 15.5 Å². The molecule has 0 atom stereocenters. The lowest BCUT2D eigenvalue weighted by molar-refractivity contribution is 0.789. The molecular weight excluding hydrogens is 176 g/mol. The maximum absolute atomic E-state index is 5.78. The lowest BCUT2D eigenvalue weighted by Crippen LogP contribution is -1.93.